The molecule has 2 saturated heterocycles. The molecule has 7 nitrogen and oxygen atoms in total. The maximum Gasteiger partial charge on any atom is 0.254 e. The standard InChI is InChI=1S/C27H28N4O3/c1-16-8-17(2)24(27(32)31-11-21(12-31)20-6-4-19(10-28)5-7-20)9-23(16)26-18(3)25(29-30-26)15-34-22-13-33-14-22/h4-9,21-22H,11-15H2,1-3H3,(H,29,30). The molecule has 1 amide bonds. The number of carbonyl (C=O) groups is 1. The van der Waals surface area contributed by atoms with Crippen LogP contribution in [0.15, 0.2) is 36.4 Å². The molecule has 2 fully saturated rings. The number of nitrogens with zero attached hydrogens (tertiary/aromatic N) is 3. The third kappa shape index (κ3) is 4.11. The zero-order valence-electron chi connectivity index (χ0n) is 19.7. The Morgan fingerprint density at radius 2 is 1.91 bits per heavy atom. The fourth-order valence-corrected chi connectivity index (χ4v) is 4.55. The summed E-state index contributed by atoms with van der Waals surface area (Å²) in [5.41, 5.74) is 8.43. The number of rotatable bonds is 6. The molecule has 34 heavy (non-hydrogen) atoms. The highest BCUT2D eigenvalue weighted by atomic mass is 16.6. The van der Waals surface area contributed by atoms with Crippen LogP contribution in [0, 0.1) is 32.1 Å². The number of ether oxygens (including phenoxy) is 2. The summed E-state index contributed by atoms with van der Waals surface area (Å²) in [6, 6.07) is 13.9. The number of H-pyrrole nitrogens is 1. The number of hydrogen-bond acceptors (Lipinski definition) is 5. The molecule has 5 rings (SSSR count). The number of aromatic nitrogens is 2. The Morgan fingerprint density at radius 1 is 1.18 bits per heavy atom. The Kier molecular flexibility index (Phi) is 5.94. The summed E-state index contributed by atoms with van der Waals surface area (Å²) in [6.07, 6.45) is 0.148. The van der Waals surface area contributed by atoms with Crippen molar-refractivity contribution >= 4 is 5.91 Å². The van der Waals surface area contributed by atoms with Gasteiger partial charge in [-0.2, -0.15) is 10.4 Å². The average molecular weight is 457 g/mol. The van der Waals surface area contributed by atoms with Gasteiger partial charge in [-0.15, -0.1) is 0 Å². The van der Waals surface area contributed by atoms with Crippen LogP contribution in [0.25, 0.3) is 11.3 Å². The molecule has 2 aliphatic rings. The van der Waals surface area contributed by atoms with Crippen molar-refractivity contribution in [1.82, 2.24) is 15.1 Å². The van der Waals surface area contributed by atoms with Gasteiger partial charge in [-0.05, 0) is 55.7 Å². The average Bonchev–Trinajstić information content (AvgIpc) is 3.12. The van der Waals surface area contributed by atoms with E-state index in [0.717, 1.165) is 39.2 Å². The predicted octanol–water partition coefficient (Wildman–Crippen LogP) is 4.03. The van der Waals surface area contributed by atoms with Crippen LogP contribution in [-0.4, -0.2) is 53.4 Å². The highest BCUT2D eigenvalue weighted by Gasteiger charge is 2.33. The van der Waals surface area contributed by atoms with Gasteiger partial charge in [0.1, 0.15) is 6.10 Å². The van der Waals surface area contributed by atoms with Crippen LogP contribution >= 0.6 is 0 Å². The number of hydrogen-bond donors (Lipinski definition) is 1. The highest BCUT2D eigenvalue weighted by Crippen LogP contribution is 2.33. The number of benzene rings is 2. The lowest BCUT2D eigenvalue weighted by molar-refractivity contribution is -0.136. The lowest BCUT2D eigenvalue weighted by Gasteiger charge is -2.40. The molecule has 0 saturated carbocycles. The second-order valence-corrected chi connectivity index (χ2v) is 9.26. The first kappa shape index (κ1) is 22.3. The van der Waals surface area contributed by atoms with Crippen LogP contribution in [-0.2, 0) is 16.1 Å². The highest BCUT2D eigenvalue weighted by molar-refractivity contribution is 5.98. The first-order chi connectivity index (χ1) is 16.4. The van der Waals surface area contributed by atoms with E-state index in [-0.39, 0.29) is 12.0 Å². The third-order valence-corrected chi connectivity index (χ3v) is 6.92. The van der Waals surface area contributed by atoms with Crippen molar-refractivity contribution in [3.63, 3.8) is 0 Å². The molecule has 3 aromatic rings. The van der Waals surface area contributed by atoms with Crippen LogP contribution in [0.3, 0.4) is 0 Å². The smallest absolute Gasteiger partial charge is 0.254 e. The molecule has 0 aliphatic carbocycles. The van der Waals surface area contributed by atoms with Crippen LogP contribution in [0.1, 0.15) is 49.8 Å². The first-order valence-electron chi connectivity index (χ1n) is 11.6. The summed E-state index contributed by atoms with van der Waals surface area (Å²) in [5, 5.41) is 16.6. The van der Waals surface area contributed by atoms with Crippen molar-refractivity contribution in [2.24, 2.45) is 0 Å². The normalized spacial score (nSPS) is 16.1. The SMILES string of the molecule is Cc1cc(C)c(-c2[nH]nc(COC3COC3)c2C)cc1C(=O)N1CC(c2ccc(C#N)cc2)C1. The molecule has 2 aliphatic heterocycles. The van der Waals surface area contributed by atoms with Gasteiger partial charge in [-0.1, -0.05) is 18.2 Å². The van der Waals surface area contributed by atoms with Gasteiger partial charge in [-0.25, -0.2) is 0 Å². The van der Waals surface area contributed by atoms with E-state index in [2.05, 4.69) is 29.3 Å². The van der Waals surface area contributed by atoms with E-state index in [0.29, 0.717) is 44.4 Å². The number of amides is 1. The van der Waals surface area contributed by atoms with Crippen molar-refractivity contribution in [1.29, 1.82) is 5.26 Å². The summed E-state index contributed by atoms with van der Waals surface area (Å²) in [4.78, 5) is 15.2. The quantitative estimate of drug-likeness (QED) is 0.605. The second kappa shape index (κ2) is 9.05. The number of carbonyl (C=O) groups excluding carboxylic acids is 1. The zero-order valence-corrected chi connectivity index (χ0v) is 19.7. The van der Waals surface area contributed by atoms with Gasteiger partial charge in [-0.3, -0.25) is 9.89 Å². The van der Waals surface area contributed by atoms with Crippen LogP contribution < -0.4 is 0 Å². The lowest BCUT2D eigenvalue weighted by Crippen LogP contribution is -2.48. The summed E-state index contributed by atoms with van der Waals surface area (Å²) >= 11 is 0. The first-order valence-corrected chi connectivity index (χ1v) is 11.6. The Morgan fingerprint density at radius 3 is 2.56 bits per heavy atom. The van der Waals surface area contributed by atoms with E-state index in [1.54, 1.807) is 0 Å². The maximum atomic E-state index is 13.4. The number of aromatic amines is 1. The third-order valence-electron chi connectivity index (χ3n) is 6.92. The molecule has 1 N–H and O–H groups in total. The lowest BCUT2D eigenvalue weighted by atomic mass is 9.89. The van der Waals surface area contributed by atoms with Crippen molar-refractivity contribution in [2.75, 3.05) is 26.3 Å². The van der Waals surface area contributed by atoms with Crippen molar-refractivity contribution in [3.05, 3.63) is 75.5 Å². The number of nitrogens with one attached hydrogen (secondary N) is 1. The zero-order chi connectivity index (χ0) is 23.8. The fraction of sp³-hybridized carbons (Fsp3) is 0.370. The largest absolute Gasteiger partial charge is 0.376 e. The number of likely N-dealkylation sites (tertiary alicyclic amines) is 1. The molecule has 0 atom stereocenters. The van der Waals surface area contributed by atoms with E-state index in [1.807, 2.05) is 49.1 Å². The Bertz CT molecular complexity index is 1260. The van der Waals surface area contributed by atoms with E-state index < -0.39 is 0 Å². The molecule has 3 heterocycles. The fourth-order valence-electron chi connectivity index (χ4n) is 4.55. The van der Waals surface area contributed by atoms with Gasteiger partial charge in [0, 0.05) is 35.7 Å². The molecule has 174 valence electrons. The number of aryl methyl sites for hydroxylation is 2. The summed E-state index contributed by atoms with van der Waals surface area (Å²) in [6.45, 7) is 9.17. The van der Waals surface area contributed by atoms with Crippen LogP contribution in [0.2, 0.25) is 0 Å². The predicted molar refractivity (Wildman–Crippen MR) is 127 cm³/mol. The van der Waals surface area contributed by atoms with Gasteiger partial charge in [0.25, 0.3) is 5.91 Å². The molecule has 1 aromatic heterocycles. The molecular weight excluding hydrogens is 428 g/mol. The van der Waals surface area contributed by atoms with Gasteiger partial charge in [0.2, 0.25) is 0 Å². The van der Waals surface area contributed by atoms with E-state index in [9.17, 15) is 4.79 Å². The van der Waals surface area contributed by atoms with E-state index >= 15 is 0 Å². The van der Waals surface area contributed by atoms with E-state index in [1.165, 1.54) is 5.56 Å². The Balaban J connectivity index is 1.32. The Labute approximate surface area is 199 Å². The van der Waals surface area contributed by atoms with Crippen LogP contribution in [0.5, 0.6) is 0 Å². The van der Waals surface area contributed by atoms with Crippen molar-refractivity contribution < 1.29 is 14.3 Å². The molecule has 0 unspecified atom stereocenters. The summed E-state index contributed by atoms with van der Waals surface area (Å²) in [7, 11) is 0. The minimum Gasteiger partial charge on any atom is -0.376 e. The van der Waals surface area contributed by atoms with E-state index in [4.69, 9.17) is 14.7 Å². The molecular formula is C27H28N4O3. The molecule has 2 aromatic carbocycles. The minimum absolute atomic E-state index is 0.0503. The second-order valence-electron chi connectivity index (χ2n) is 9.26. The van der Waals surface area contributed by atoms with Gasteiger partial charge >= 0.3 is 0 Å². The van der Waals surface area contributed by atoms with Gasteiger partial charge < -0.3 is 14.4 Å². The number of nitriles is 1. The van der Waals surface area contributed by atoms with Crippen molar-refractivity contribution in [2.45, 2.75) is 39.4 Å². The summed E-state index contributed by atoms with van der Waals surface area (Å²) in [5.74, 6) is 0.356. The van der Waals surface area contributed by atoms with Crippen molar-refractivity contribution in [3.8, 4) is 17.3 Å². The van der Waals surface area contributed by atoms with Gasteiger partial charge in [0.15, 0.2) is 0 Å². The minimum atomic E-state index is 0.0503. The molecule has 7 heteroatoms. The monoisotopic (exact) mass is 456 g/mol. The topological polar surface area (TPSA) is 91.2 Å². The Hall–Kier alpha value is -3.47. The maximum absolute atomic E-state index is 13.4. The summed E-state index contributed by atoms with van der Waals surface area (Å²) < 4.78 is 11.0. The van der Waals surface area contributed by atoms with Crippen LogP contribution in [0.4, 0.5) is 0 Å². The molecule has 0 radical (unpaired) electrons. The molecule has 0 bridgehead atoms. The van der Waals surface area contributed by atoms with Gasteiger partial charge in [0.05, 0.1) is 42.8 Å². The molecule has 0 spiro atoms.